The molecule has 0 spiro atoms. The standard InChI is InChI=1S/C9H18O2.ClH/c1-3-4-5-6-7-8-11-9(2)10;/h3-8H2,1-2H3;1H. The Kier molecular flexibility index (Phi) is 12.8. The van der Waals surface area contributed by atoms with Crippen molar-refractivity contribution in [2.24, 2.45) is 0 Å². The van der Waals surface area contributed by atoms with Crippen molar-refractivity contribution in [3.63, 3.8) is 0 Å². The minimum atomic E-state index is -0.166. The lowest BCUT2D eigenvalue weighted by atomic mass is 10.2. The molecule has 0 saturated heterocycles. The molecule has 12 heavy (non-hydrogen) atoms. The van der Waals surface area contributed by atoms with Crippen molar-refractivity contribution in [1.29, 1.82) is 0 Å². The summed E-state index contributed by atoms with van der Waals surface area (Å²) in [6.45, 7) is 4.23. The highest BCUT2D eigenvalue weighted by Gasteiger charge is 1.92. The van der Waals surface area contributed by atoms with Gasteiger partial charge in [0.05, 0.1) is 6.61 Å². The van der Waals surface area contributed by atoms with Gasteiger partial charge in [0, 0.05) is 6.92 Å². The molecule has 3 heteroatoms. The maximum Gasteiger partial charge on any atom is 0.302 e. The molecule has 74 valence electrons. The summed E-state index contributed by atoms with van der Waals surface area (Å²) in [5.41, 5.74) is 0. The second-order valence-corrected chi connectivity index (χ2v) is 2.75. The average molecular weight is 195 g/mol. The van der Waals surface area contributed by atoms with E-state index in [9.17, 15) is 4.79 Å². The highest BCUT2D eigenvalue weighted by Crippen LogP contribution is 2.01. The summed E-state index contributed by atoms with van der Waals surface area (Å²) in [6, 6.07) is 0. The Morgan fingerprint density at radius 2 is 1.75 bits per heavy atom. The van der Waals surface area contributed by atoms with E-state index in [1.165, 1.54) is 32.6 Å². The van der Waals surface area contributed by atoms with E-state index in [1.807, 2.05) is 0 Å². The minimum absolute atomic E-state index is 0. The van der Waals surface area contributed by atoms with Crippen LogP contribution >= 0.6 is 12.4 Å². The molecule has 0 aromatic carbocycles. The monoisotopic (exact) mass is 194 g/mol. The SMILES string of the molecule is CCCCCCCOC(C)=O.Cl. The van der Waals surface area contributed by atoms with Crippen molar-refractivity contribution in [2.75, 3.05) is 6.61 Å². The van der Waals surface area contributed by atoms with Gasteiger partial charge in [0.2, 0.25) is 0 Å². The molecule has 0 fully saturated rings. The van der Waals surface area contributed by atoms with Gasteiger partial charge in [-0.05, 0) is 6.42 Å². The Hall–Kier alpha value is -0.240. The Labute approximate surface area is 81.1 Å². The molecule has 0 aromatic heterocycles. The number of carbonyl (C=O) groups is 1. The topological polar surface area (TPSA) is 26.3 Å². The molecule has 0 rings (SSSR count). The van der Waals surface area contributed by atoms with Crippen LogP contribution < -0.4 is 0 Å². The normalized spacial score (nSPS) is 8.83. The highest BCUT2D eigenvalue weighted by molar-refractivity contribution is 5.85. The van der Waals surface area contributed by atoms with Crippen LogP contribution in [-0.4, -0.2) is 12.6 Å². The number of hydrogen-bond acceptors (Lipinski definition) is 2. The van der Waals surface area contributed by atoms with Crippen molar-refractivity contribution in [3.05, 3.63) is 0 Å². The van der Waals surface area contributed by atoms with Gasteiger partial charge in [-0.1, -0.05) is 32.6 Å². The van der Waals surface area contributed by atoms with Crippen molar-refractivity contribution in [1.82, 2.24) is 0 Å². The summed E-state index contributed by atoms with van der Waals surface area (Å²) >= 11 is 0. The summed E-state index contributed by atoms with van der Waals surface area (Å²) in [6.07, 6.45) is 6.01. The molecule has 0 unspecified atom stereocenters. The van der Waals surface area contributed by atoms with E-state index >= 15 is 0 Å². The van der Waals surface area contributed by atoms with Crippen molar-refractivity contribution in [3.8, 4) is 0 Å². The molecule has 0 aliphatic carbocycles. The predicted molar refractivity (Wildman–Crippen MR) is 52.6 cm³/mol. The van der Waals surface area contributed by atoms with E-state index in [1.54, 1.807) is 0 Å². The van der Waals surface area contributed by atoms with Crippen molar-refractivity contribution in [2.45, 2.75) is 46.0 Å². The van der Waals surface area contributed by atoms with Crippen LogP contribution in [-0.2, 0) is 9.53 Å². The number of ether oxygens (including phenoxy) is 1. The first-order valence-corrected chi connectivity index (χ1v) is 4.40. The van der Waals surface area contributed by atoms with Crippen molar-refractivity contribution >= 4 is 18.4 Å². The van der Waals surface area contributed by atoms with Crippen LogP contribution in [0.3, 0.4) is 0 Å². The molecule has 0 amide bonds. The number of unbranched alkanes of at least 4 members (excludes halogenated alkanes) is 4. The van der Waals surface area contributed by atoms with Gasteiger partial charge >= 0.3 is 5.97 Å². The van der Waals surface area contributed by atoms with Gasteiger partial charge in [-0.2, -0.15) is 0 Å². The van der Waals surface area contributed by atoms with Gasteiger partial charge in [-0.15, -0.1) is 12.4 Å². The van der Waals surface area contributed by atoms with Gasteiger partial charge in [-0.3, -0.25) is 4.79 Å². The number of esters is 1. The molecule has 0 radical (unpaired) electrons. The molecule has 2 nitrogen and oxygen atoms in total. The van der Waals surface area contributed by atoms with Gasteiger partial charge in [0.15, 0.2) is 0 Å². The van der Waals surface area contributed by atoms with Crippen LogP contribution in [0.15, 0.2) is 0 Å². The minimum Gasteiger partial charge on any atom is -0.466 e. The summed E-state index contributed by atoms with van der Waals surface area (Å²) in [7, 11) is 0. The Morgan fingerprint density at radius 1 is 1.17 bits per heavy atom. The van der Waals surface area contributed by atoms with Crippen LogP contribution in [0.2, 0.25) is 0 Å². The maximum atomic E-state index is 10.3. The molecule has 0 heterocycles. The zero-order valence-corrected chi connectivity index (χ0v) is 8.78. The van der Waals surface area contributed by atoms with E-state index < -0.39 is 0 Å². The van der Waals surface area contributed by atoms with E-state index in [2.05, 4.69) is 6.92 Å². The summed E-state index contributed by atoms with van der Waals surface area (Å²) in [5, 5.41) is 0. The van der Waals surface area contributed by atoms with Crippen LogP contribution in [0.1, 0.15) is 46.0 Å². The number of halogens is 1. The lowest BCUT2D eigenvalue weighted by Gasteiger charge is -2.00. The van der Waals surface area contributed by atoms with Gasteiger partial charge < -0.3 is 4.74 Å². The fourth-order valence-electron chi connectivity index (χ4n) is 0.922. The lowest BCUT2D eigenvalue weighted by Crippen LogP contribution is -1.99. The second kappa shape index (κ2) is 10.8. The fraction of sp³-hybridized carbons (Fsp3) is 0.889. The molecule has 0 aromatic rings. The molecule has 0 aliphatic heterocycles. The zero-order chi connectivity index (χ0) is 8.53. The Balaban J connectivity index is 0. The third-order valence-electron chi connectivity index (χ3n) is 1.55. The quantitative estimate of drug-likeness (QED) is 0.480. The summed E-state index contributed by atoms with van der Waals surface area (Å²) < 4.78 is 4.78. The van der Waals surface area contributed by atoms with Crippen LogP contribution in [0.5, 0.6) is 0 Å². The van der Waals surface area contributed by atoms with E-state index in [-0.39, 0.29) is 18.4 Å². The second-order valence-electron chi connectivity index (χ2n) is 2.75. The van der Waals surface area contributed by atoms with E-state index in [0.717, 1.165) is 6.42 Å². The molecule has 0 atom stereocenters. The summed E-state index contributed by atoms with van der Waals surface area (Å²) in [5.74, 6) is -0.166. The van der Waals surface area contributed by atoms with E-state index in [0.29, 0.717) is 6.61 Å². The molecule has 0 N–H and O–H groups in total. The lowest BCUT2D eigenvalue weighted by molar-refractivity contribution is -0.141. The zero-order valence-electron chi connectivity index (χ0n) is 7.97. The van der Waals surface area contributed by atoms with Crippen molar-refractivity contribution < 1.29 is 9.53 Å². The number of hydrogen-bond donors (Lipinski definition) is 0. The highest BCUT2D eigenvalue weighted by atomic mass is 35.5. The maximum absolute atomic E-state index is 10.3. The molecule has 0 aliphatic rings. The van der Waals surface area contributed by atoms with Gasteiger partial charge in [0.25, 0.3) is 0 Å². The number of carbonyl (C=O) groups excluding carboxylic acids is 1. The summed E-state index contributed by atoms with van der Waals surface area (Å²) in [4.78, 5) is 10.3. The smallest absolute Gasteiger partial charge is 0.302 e. The van der Waals surface area contributed by atoms with Crippen LogP contribution in [0.25, 0.3) is 0 Å². The first kappa shape index (κ1) is 14.3. The Morgan fingerprint density at radius 3 is 2.25 bits per heavy atom. The molecule has 0 saturated carbocycles. The first-order chi connectivity index (χ1) is 5.27. The fourth-order valence-corrected chi connectivity index (χ4v) is 0.922. The van der Waals surface area contributed by atoms with Gasteiger partial charge in [-0.25, -0.2) is 0 Å². The van der Waals surface area contributed by atoms with Gasteiger partial charge in [0.1, 0.15) is 0 Å². The molecule has 0 bridgehead atoms. The third kappa shape index (κ3) is 12.4. The molecular formula is C9H19ClO2. The third-order valence-corrected chi connectivity index (χ3v) is 1.55. The first-order valence-electron chi connectivity index (χ1n) is 4.40. The van der Waals surface area contributed by atoms with Crippen LogP contribution in [0.4, 0.5) is 0 Å². The van der Waals surface area contributed by atoms with Crippen LogP contribution in [0, 0.1) is 0 Å². The van der Waals surface area contributed by atoms with E-state index in [4.69, 9.17) is 4.74 Å². The average Bonchev–Trinajstić information content (AvgIpc) is 1.96. The molecular weight excluding hydrogens is 176 g/mol. The largest absolute Gasteiger partial charge is 0.466 e. The predicted octanol–water partition coefficient (Wildman–Crippen LogP) is 2.94. The number of rotatable bonds is 6. The Bertz CT molecular complexity index is 105.